The van der Waals surface area contributed by atoms with Gasteiger partial charge in [0.25, 0.3) is 0 Å². The van der Waals surface area contributed by atoms with Crippen molar-refractivity contribution in [3.8, 4) is 11.6 Å². The summed E-state index contributed by atoms with van der Waals surface area (Å²) in [5, 5.41) is 0. The molecule has 0 radical (unpaired) electrons. The number of halogens is 2. The highest BCUT2D eigenvalue weighted by atomic mass is 79.9. The molecule has 2 heterocycles. The first-order chi connectivity index (χ1) is 7.60. The molecule has 0 aromatic carbocycles. The van der Waals surface area contributed by atoms with Crippen molar-refractivity contribution in [2.45, 2.75) is 13.3 Å². The van der Waals surface area contributed by atoms with Gasteiger partial charge < -0.3 is 10.2 Å². The van der Waals surface area contributed by atoms with Crippen LogP contribution >= 0.6 is 31.9 Å². The molecular weight excluding hydrogens is 338 g/mol. The van der Waals surface area contributed by atoms with Gasteiger partial charge in [-0.15, -0.1) is 0 Å². The predicted octanol–water partition coefficient (Wildman–Crippen LogP) is 3.41. The molecule has 2 aromatic heterocycles. The van der Waals surface area contributed by atoms with E-state index in [2.05, 4.69) is 41.8 Å². The normalized spacial score (nSPS) is 10.7. The monoisotopic (exact) mass is 345 g/mol. The van der Waals surface area contributed by atoms with E-state index in [1.54, 1.807) is 12.1 Å². The maximum absolute atomic E-state index is 5.70. The zero-order chi connectivity index (χ0) is 11.7. The number of furan rings is 1. The molecule has 0 bridgehead atoms. The first-order valence-corrected chi connectivity index (χ1v) is 6.27. The Kier molecular flexibility index (Phi) is 3.30. The minimum absolute atomic E-state index is 0.450. The van der Waals surface area contributed by atoms with E-state index >= 15 is 0 Å². The van der Waals surface area contributed by atoms with Crippen LogP contribution in [0.15, 0.2) is 25.7 Å². The second kappa shape index (κ2) is 4.55. The molecule has 2 rings (SSSR count). The summed E-state index contributed by atoms with van der Waals surface area (Å²) in [4.78, 5) is 8.49. The van der Waals surface area contributed by atoms with Crippen LogP contribution in [0, 0.1) is 0 Å². The first-order valence-electron chi connectivity index (χ1n) is 4.68. The SMILES string of the molecule is CCc1cc(N)nc(-c2cc(Br)c(Br)o2)n1. The largest absolute Gasteiger partial charge is 0.445 e. The topological polar surface area (TPSA) is 64.9 Å². The van der Waals surface area contributed by atoms with E-state index in [1.165, 1.54) is 0 Å². The Bertz CT molecular complexity index is 505. The molecule has 0 spiro atoms. The summed E-state index contributed by atoms with van der Waals surface area (Å²) in [5.41, 5.74) is 6.60. The highest BCUT2D eigenvalue weighted by Crippen LogP contribution is 2.31. The average Bonchev–Trinajstić information content (AvgIpc) is 2.58. The van der Waals surface area contributed by atoms with E-state index in [0.29, 0.717) is 22.1 Å². The summed E-state index contributed by atoms with van der Waals surface area (Å²) in [6.07, 6.45) is 0.808. The van der Waals surface area contributed by atoms with Crippen molar-refractivity contribution in [1.29, 1.82) is 0 Å². The Morgan fingerprint density at radius 3 is 2.62 bits per heavy atom. The molecule has 2 aromatic rings. The molecule has 4 nitrogen and oxygen atoms in total. The lowest BCUT2D eigenvalue weighted by molar-refractivity contribution is 0.549. The highest BCUT2D eigenvalue weighted by molar-refractivity contribution is 9.13. The van der Waals surface area contributed by atoms with Gasteiger partial charge in [-0.05, 0) is 38.3 Å². The van der Waals surface area contributed by atoms with Crippen molar-refractivity contribution in [3.05, 3.63) is 27.0 Å². The lowest BCUT2D eigenvalue weighted by Gasteiger charge is -2.01. The molecule has 0 fully saturated rings. The third-order valence-electron chi connectivity index (χ3n) is 2.03. The fourth-order valence-corrected chi connectivity index (χ4v) is 1.84. The van der Waals surface area contributed by atoms with Crippen molar-refractivity contribution < 1.29 is 4.42 Å². The molecule has 0 aliphatic rings. The standard InChI is InChI=1S/C10H9Br2N3O/c1-2-5-3-8(13)15-10(14-5)7-4-6(11)9(12)16-7/h3-4H,2H2,1H3,(H2,13,14,15). The Morgan fingerprint density at radius 2 is 2.06 bits per heavy atom. The van der Waals surface area contributed by atoms with Crippen LogP contribution in [0.1, 0.15) is 12.6 Å². The number of aromatic nitrogens is 2. The molecule has 0 aliphatic carbocycles. The van der Waals surface area contributed by atoms with Crippen molar-refractivity contribution in [2.24, 2.45) is 0 Å². The van der Waals surface area contributed by atoms with Gasteiger partial charge in [-0.3, -0.25) is 0 Å². The van der Waals surface area contributed by atoms with Crippen molar-refractivity contribution in [3.63, 3.8) is 0 Å². The Hall–Kier alpha value is -0.880. The van der Waals surface area contributed by atoms with Crippen LogP contribution in [0.3, 0.4) is 0 Å². The van der Waals surface area contributed by atoms with Gasteiger partial charge in [-0.1, -0.05) is 6.92 Å². The zero-order valence-corrected chi connectivity index (χ0v) is 11.7. The van der Waals surface area contributed by atoms with Gasteiger partial charge in [0.05, 0.1) is 4.47 Å². The summed E-state index contributed by atoms with van der Waals surface area (Å²) in [5.74, 6) is 1.54. The number of aryl methyl sites for hydroxylation is 1. The van der Waals surface area contributed by atoms with E-state index < -0.39 is 0 Å². The number of hydrogen-bond donors (Lipinski definition) is 1. The minimum Gasteiger partial charge on any atom is -0.445 e. The lowest BCUT2D eigenvalue weighted by atomic mass is 10.3. The first kappa shape index (κ1) is 11.6. The predicted molar refractivity (Wildman–Crippen MR) is 68.9 cm³/mol. The Labute approximate surface area is 110 Å². The zero-order valence-electron chi connectivity index (χ0n) is 8.50. The number of nitrogens with zero attached hydrogens (tertiary/aromatic N) is 2. The molecule has 0 saturated heterocycles. The highest BCUT2D eigenvalue weighted by Gasteiger charge is 2.12. The average molecular weight is 347 g/mol. The van der Waals surface area contributed by atoms with Crippen LogP contribution in [0.2, 0.25) is 0 Å². The van der Waals surface area contributed by atoms with Crippen LogP contribution in [0.5, 0.6) is 0 Å². The third kappa shape index (κ3) is 2.27. The van der Waals surface area contributed by atoms with Crippen LogP contribution in [-0.4, -0.2) is 9.97 Å². The van der Waals surface area contributed by atoms with Crippen molar-refractivity contribution >= 4 is 37.7 Å². The molecule has 0 amide bonds. The van der Waals surface area contributed by atoms with Crippen LogP contribution in [-0.2, 0) is 6.42 Å². The minimum atomic E-state index is 0.450. The molecule has 2 N–H and O–H groups in total. The molecule has 6 heteroatoms. The van der Waals surface area contributed by atoms with Gasteiger partial charge >= 0.3 is 0 Å². The quantitative estimate of drug-likeness (QED) is 0.904. The summed E-state index contributed by atoms with van der Waals surface area (Å²) >= 11 is 6.61. The number of anilines is 1. The Balaban J connectivity index is 2.50. The van der Waals surface area contributed by atoms with E-state index in [4.69, 9.17) is 10.2 Å². The second-order valence-electron chi connectivity index (χ2n) is 3.19. The van der Waals surface area contributed by atoms with Gasteiger partial charge in [0.2, 0.25) is 0 Å². The van der Waals surface area contributed by atoms with E-state index in [0.717, 1.165) is 16.6 Å². The van der Waals surface area contributed by atoms with Crippen molar-refractivity contribution in [2.75, 3.05) is 5.73 Å². The van der Waals surface area contributed by atoms with E-state index in [1.807, 2.05) is 6.92 Å². The van der Waals surface area contributed by atoms with Gasteiger partial charge in [-0.25, -0.2) is 9.97 Å². The molecule has 0 unspecified atom stereocenters. The van der Waals surface area contributed by atoms with Gasteiger partial charge in [0.15, 0.2) is 16.3 Å². The van der Waals surface area contributed by atoms with Gasteiger partial charge in [0.1, 0.15) is 5.82 Å². The number of nitrogen functional groups attached to an aromatic ring is 1. The molecule has 84 valence electrons. The van der Waals surface area contributed by atoms with E-state index in [-0.39, 0.29) is 0 Å². The lowest BCUT2D eigenvalue weighted by Crippen LogP contribution is -1.98. The third-order valence-corrected chi connectivity index (χ3v) is 3.74. The van der Waals surface area contributed by atoms with E-state index in [9.17, 15) is 0 Å². The van der Waals surface area contributed by atoms with Crippen LogP contribution in [0.25, 0.3) is 11.6 Å². The summed E-state index contributed by atoms with van der Waals surface area (Å²) in [6, 6.07) is 3.56. The maximum Gasteiger partial charge on any atom is 0.197 e. The fourth-order valence-electron chi connectivity index (χ4n) is 1.27. The second-order valence-corrected chi connectivity index (χ2v) is 4.77. The summed E-state index contributed by atoms with van der Waals surface area (Å²) in [7, 11) is 0. The number of nitrogens with two attached hydrogens (primary N) is 1. The van der Waals surface area contributed by atoms with Crippen molar-refractivity contribution in [1.82, 2.24) is 9.97 Å². The van der Waals surface area contributed by atoms with Crippen LogP contribution < -0.4 is 5.73 Å². The summed E-state index contributed by atoms with van der Waals surface area (Å²) in [6.45, 7) is 2.01. The summed E-state index contributed by atoms with van der Waals surface area (Å²) < 4.78 is 6.89. The fraction of sp³-hybridized carbons (Fsp3) is 0.200. The van der Waals surface area contributed by atoms with Crippen LogP contribution in [0.4, 0.5) is 5.82 Å². The molecule has 0 atom stereocenters. The smallest absolute Gasteiger partial charge is 0.197 e. The molecule has 0 saturated carbocycles. The molecule has 0 aliphatic heterocycles. The van der Waals surface area contributed by atoms with Gasteiger partial charge in [0, 0.05) is 17.8 Å². The number of hydrogen-bond acceptors (Lipinski definition) is 4. The molecule has 16 heavy (non-hydrogen) atoms. The van der Waals surface area contributed by atoms with Gasteiger partial charge in [-0.2, -0.15) is 0 Å². The maximum atomic E-state index is 5.70. The molecular formula is C10H9Br2N3O. The number of rotatable bonds is 2. The Morgan fingerprint density at radius 1 is 1.31 bits per heavy atom.